The molecule has 0 spiro atoms. The van der Waals surface area contributed by atoms with Crippen LogP contribution in [0.4, 0.5) is 0 Å². The fourth-order valence-corrected chi connectivity index (χ4v) is 3.87. The van der Waals surface area contributed by atoms with Crippen molar-refractivity contribution in [2.45, 2.75) is 51.5 Å². The minimum atomic E-state index is -3.33. The normalized spacial score (nSPS) is 19.8. The molecule has 1 unspecified atom stereocenters. The van der Waals surface area contributed by atoms with E-state index in [9.17, 15) is 8.42 Å². The number of nitrogens with one attached hydrogen (secondary N) is 2. The van der Waals surface area contributed by atoms with Gasteiger partial charge in [-0.05, 0) is 45.7 Å². The summed E-state index contributed by atoms with van der Waals surface area (Å²) < 4.78 is 28.6. The smallest absolute Gasteiger partial charge is 0.279 e. The van der Waals surface area contributed by atoms with Crippen LogP contribution in [0.5, 0.6) is 0 Å². The molecule has 0 bridgehead atoms. The molecule has 0 aromatic carbocycles. The fraction of sp³-hybridized carbons (Fsp3) is 1.00. The molecule has 6 heteroatoms. The van der Waals surface area contributed by atoms with E-state index in [2.05, 4.69) is 10.0 Å². The Morgan fingerprint density at radius 3 is 2.47 bits per heavy atom. The zero-order chi connectivity index (χ0) is 14.3. The van der Waals surface area contributed by atoms with Gasteiger partial charge in [0.2, 0.25) is 0 Å². The van der Waals surface area contributed by atoms with Gasteiger partial charge in [-0.1, -0.05) is 19.3 Å². The molecule has 1 rings (SSSR count). The van der Waals surface area contributed by atoms with Crippen LogP contribution in [0.3, 0.4) is 0 Å². The molecule has 0 amide bonds. The molecule has 5 nitrogen and oxygen atoms in total. The summed E-state index contributed by atoms with van der Waals surface area (Å²) in [6.07, 6.45) is 6.87. The van der Waals surface area contributed by atoms with Crippen molar-refractivity contribution in [3.05, 3.63) is 0 Å². The third-order valence-corrected chi connectivity index (χ3v) is 5.67. The van der Waals surface area contributed by atoms with E-state index in [1.165, 1.54) is 23.6 Å². The predicted octanol–water partition coefficient (Wildman–Crippen LogP) is 1.33. The maximum absolute atomic E-state index is 12.2. The zero-order valence-electron chi connectivity index (χ0n) is 12.5. The Kier molecular flexibility index (Phi) is 7.28. The van der Waals surface area contributed by atoms with Crippen LogP contribution in [-0.4, -0.2) is 45.9 Å². The second kappa shape index (κ2) is 8.19. The molecular formula is C13H29N3O2S. The van der Waals surface area contributed by atoms with Crippen molar-refractivity contribution in [2.24, 2.45) is 5.92 Å². The monoisotopic (exact) mass is 291 g/mol. The van der Waals surface area contributed by atoms with Crippen LogP contribution in [0.15, 0.2) is 0 Å². The number of rotatable bonds is 8. The van der Waals surface area contributed by atoms with Gasteiger partial charge < -0.3 is 5.32 Å². The van der Waals surface area contributed by atoms with Crippen molar-refractivity contribution in [1.82, 2.24) is 14.3 Å². The SMILES string of the molecule is CNCCCN(C)S(=O)(=O)NC(C)C1CCCCC1. The summed E-state index contributed by atoms with van der Waals surface area (Å²) >= 11 is 0. The van der Waals surface area contributed by atoms with Gasteiger partial charge in [0.15, 0.2) is 0 Å². The summed E-state index contributed by atoms with van der Waals surface area (Å²) in [4.78, 5) is 0. The average Bonchev–Trinajstić information content (AvgIpc) is 2.39. The summed E-state index contributed by atoms with van der Waals surface area (Å²) in [5, 5.41) is 3.03. The number of hydrogen-bond acceptors (Lipinski definition) is 3. The third kappa shape index (κ3) is 5.77. The van der Waals surface area contributed by atoms with Gasteiger partial charge in [-0.25, -0.2) is 0 Å². The molecular weight excluding hydrogens is 262 g/mol. The first kappa shape index (κ1) is 16.9. The summed E-state index contributed by atoms with van der Waals surface area (Å²) in [5.74, 6) is 0.495. The van der Waals surface area contributed by atoms with Gasteiger partial charge in [0.05, 0.1) is 0 Å². The van der Waals surface area contributed by atoms with Crippen molar-refractivity contribution >= 4 is 10.2 Å². The van der Waals surface area contributed by atoms with Crippen molar-refractivity contribution in [3.8, 4) is 0 Å². The third-order valence-electron chi connectivity index (χ3n) is 4.00. The van der Waals surface area contributed by atoms with Crippen LogP contribution in [0.25, 0.3) is 0 Å². The van der Waals surface area contributed by atoms with Crippen LogP contribution in [0.2, 0.25) is 0 Å². The van der Waals surface area contributed by atoms with Crippen LogP contribution in [-0.2, 0) is 10.2 Å². The Morgan fingerprint density at radius 1 is 1.26 bits per heavy atom. The highest BCUT2D eigenvalue weighted by Gasteiger charge is 2.26. The number of nitrogens with zero attached hydrogens (tertiary/aromatic N) is 1. The molecule has 1 aliphatic carbocycles. The van der Waals surface area contributed by atoms with Crippen LogP contribution in [0.1, 0.15) is 45.4 Å². The number of hydrogen-bond donors (Lipinski definition) is 2. The Balaban J connectivity index is 2.43. The average molecular weight is 291 g/mol. The van der Waals surface area contributed by atoms with Crippen LogP contribution >= 0.6 is 0 Å². The molecule has 0 aromatic rings. The maximum Gasteiger partial charge on any atom is 0.279 e. The molecule has 0 saturated heterocycles. The minimum absolute atomic E-state index is 0.0389. The summed E-state index contributed by atoms with van der Waals surface area (Å²) in [5.41, 5.74) is 0. The van der Waals surface area contributed by atoms with Gasteiger partial charge in [-0.2, -0.15) is 17.4 Å². The van der Waals surface area contributed by atoms with Gasteiger partial charge in [-0.3, -0.25) is 0 Å². The summed E-state index contributed by atoms with van der Waals surface area (Å²) in [7, 11) is 0.184. The molecule has 1 atom stereocenters. The fourth-order valence-electron chi connectivity index (χ4n) is 2.65. The Bertz CT molecular complexity index is 340. The lowest BCUT2D eigenvalue weighted by atomic mass is 9.85. The van der Waals surface area contributed by atoms with E-state index in [0.717, 1.165) is 25.8 Å². The lowest BCUT2D eigenvalue weighted by Gasteiger charge is -2.29. The second-order valence-corrected chi connectivity index (χ2v) is 7.40. The first-order valence-corrected chi connectivity index (χ1v) is 8.79. The largest absolute Gasteiger partial charge is 0.320 e. The molecule has 0 aliphatic heterocycles. The molecule has 1 fully saturated rings. The van der Waals surface area contributed by atoms with E-state index in [1.54, 1.807) is 7.05 Å². The second-order valence-electron chi connectivity index (χ2n) is 5.59. The van der Waals surface area contributed by atoms with E-state index >= 15 is 0 Å². The molecule has 19 heavy (non-hydrogen) atoms. The first-order valence-electron chi connectivity index (χ1n) is 7.35. The molecule has 1 aliphatic rings. The van der Waals surface area contributed by atoms with Crippen LogP contribution in [0, 0.1) is 5.92 Å². The Hall–Kier alpha value is -0.170. The van der Waals surface area contributed by atoms with E-state index in [-0.39, 0.29) is 6.04 Å². The Morgan fingerprint density at radius 2 is 1.89 bits per heavy atom. The molecule has 1 saturated carbocycles. The van der Waals surface area contributed by atoms with Crippen molar-refractivity contribution in [2.75, 3.05) is 27.2 Å². The van der Waals surface area contributed by atoms with Gasteiger partial charge in [0, 0.05) is 19.6 Å². The van der Waals surface area contributed by atoms with E-state index < -0.39 is 10.2 Å². The minimum Gasteiger partial charge on any atom is -0.320 e. The van der Waals surface area contributed by atoms with Gasteiger partial charge in [0.25, 0.3) is 10.2 Å². The van der Waals surface area contributed by atoms with Crippen molar-refractivity contribution < 1.29 is 8.42 Å². The molecule has 0 aromatic heterocycles. The summed E-state index contributed by atoms with van der Waals surface area (Å²) in [6, 6.07) is 0.0389. The van der Waals surface area contributed by atoms with E-state index in [0.29, 0.717) is 12.5 Å². The van der Waals surface area contributed by atoms with Crippen molar-refractivity contribution in [1.29, 1.82) is 0 Å². The highest BCUT2D eigenvalue weighted by Crippen LogP contribution is 2.26. The highest BCUT2D eigenvalue weighted by molar-refractivity contribution is 7.87. The molecule has 0 radical (unpaired) electrons. The van der Waals surface area contributed by atoms with Gasteiger partial charge in [0.1, 0.15) is 0 Å². The lowest BCUT2D eigenvalue weighted by Crippen LogP contribution is -2.46. The molecule has 0 heterocycles. The van der Waals surface area contributed by atoms with Gasteiger partial charge in [-0.15, -0.1) is 0 Å². The predicted molar refractivity (Wildman–Crippen MR) is 79.3 cm³/mol. The lowest BCUT2D eigenvalue weighted by molar-refractivity contribution is 0.298. The molecule has 114 valence electrons. The summed E-state index contributed by atoms with van der Waals surface area (Å²) in [6.45, 7) is 3.38. The standard InChI is InChI=1S/C13H29N3O2S/c1-12(13-8-5-4-6-9-13)15-19(17,18)16(3)11-7-10-14-2/h12-15H,4-11H2,1-3H3. The first-order chi connectivity index (χ1) is 8.97. The van der Waals surface area contributed by atoms with Crippen LogP contribution < -0.4 is 10.0 Å². The Labute approximate surface area is 118 Å². The van der Waals surface area contributed by atoms with Crippen molar-refractivity contribution in [3.63, 3.8) is 0 Å². The topological polar surface area (TPSA) is 61.4 Å². The molecule has 2 N–H and O–H groups in total. The highest BCUT2D eigenvalue weighted by atomic mass is 32.2. The van der Waals surface area contributed by atoms with Gasteiger partial charge >= 0.3 is 0 Å². The maximum atomic E-state index is 12.2. The van der Waals surface area contributed by atoms with E-state index in [1.807, 2.05) is 14.0 Å². The quantitative estimate of drug-likeness (QED) is 0.663. The zero-order valence-corrected chi connectivity index (χ0v) is 13.3. The van der Waals surface area contributed by atoms with E-state index in [4.69, 9.17) is 0 Å².